The summed E-state index contributed by atoms with van der Waals surface area (Å²) in [5.41, 5.74) is 3.37. The number of likely N-dealkylation sites (N-methyl/N-ethyl adjacent to an activating group) is 1. The van der Waals surface area contributed by atoms with Crippen molar-refractivity contribution in [2.75, 3.05) is 62.5 Å². The van der Waals surface area contributed by atoms with E-state index in [1.165, 1.54) is 19.8 Å². The minimum absolute atomic E-state index is 0.00145. The summed E-state index contributed by atoms with van der Waals surface area (Å²) in [4.78, 5) is 4.19. The number of hydrogen-bond donors (Lipinski definition) is 0. The van der Waals surface area contributed by atoms with Gasteiger partial charge in [0.15, 0.2) is 13.3 Å². The molecule has 2 unspecified atom stereocenters. The number of hydrogen-bond acceptors (Lipinski definition) is 12. The number of ether oxygens (including phenoxy) is 3. The van der Waals surface area contributed by atoms with Gasteiger partial charge in [-0.15, -0.1) is 0 Å². The Kier molecular flexibility index (Phi) is 16.9. The highest BCUT2D eigenvalue weighted by Gasteiger charge is 2.21. The monoisotopic (exact) mass is 791 g/mol. The summed E-state index contributed by atoms with van der Waals surface area (Å²) >= 11 is 12.8. The number of methoxy groups -OCH3 is 1. The van der Waals surface area contributed by atoms with E-state index in [4.69, 9.17) is 60.4 Å². The van der Waals surface area contributed by atoms with E-state index in [0.717, 1.165) is 45.3 Å². The van der Waals surface area contributed by atoms with E-state index < -0.39 is 13.2 Å². The molecule has 0 fully saturated rings. The molecular weight excluding hydrogens is 745 g/mol. The summed E-state index contributed by atoms with van der Waals surface area (Å²) in [5.74, 6) is 2.30. The topological polar surface area (TPSA) is 77.1 Å². The first-order chi connectivity index (χ1) is 24.6. The highest BCUT2D eigenvalue weighted by molar-refractivity contribution is 8.09. The molecule has 0 bridgehead atoms. The second kappa shape index (κ2) is 20.8. The van der Waals surface area contributed by atoms with Crippen molar-refractivity contribution >= 4 is 48.6 Å². The van der Waals surface area contributed by atoms with Crippen LogP contribution in [0, 0.1) is 0 Å². The quantitative estimate of drug-likeness (QED) is 0.0564. The highest BCUT2D eigenvalue weighted by atomic mass is 32.5. The van der Waals surface area contributed by atoms with Gasteiger partial charge in [0.1, 0.15) is 30.0 Å². The van der Waals surface area contributed by atoms with Gasteiger partial charge in [0, 0.05) is 55.6 Å². The van der Waals surface area contributed by atoms with E-state index in [-0.39, 0.29) is 12.9 Å². The van der Waals surface area contributed by atoms with Gasteiger partial charge in [0.25, 0.3) is 0 Å². The van der Waals surface area contributed by atoms with Gasteiger partial charge in [-0.05, 0) is 110 Å². The molecule has 0 heterocycles. The first-order valence-electron chi connectivity index (χ1n) is 16.2. The standard InChI is InChI=1S/C37H47NO8P2S3/c1-38(2)25-34(26-43-37-13-8-7-11-31(37)17-14-29-10-9-12-33(24-29)39-3)44-28-45-47(49,40-4)27-30-15-20-35(21-16-30)51-36-22-18-32(19-23-36)46-48(50,41-5)42-6/h7-13,15-16,18-24,34H,14,17,25-28H2,1-6H3. The van der Waals surface area contributed by atoms with Crippen molar-refractivity contribution < 1.29 is 36.8 Å². The molecule has 4 aromatic carbocycles. The van der Waals surface area contributed by atoms with Gasteiger partial charge >= 0.3 is 6.72 Å². The number of benzene rings is 4. The summed E-state index contributed by atoms with van der Waals surface area (Å²) in [6.45, 7) is -4.42. The average Bonchev–Trinajstić information content (AvgIpc) is 3.14. The van der Waals surface area contributed by atoms with Gasteiger partial charge in [0.2, 0.25) is 0 Å². The third-order valence-electron chi connectivity index (χ3n) is 7.64. The highest BCUT2D eigenvalue weighted by Crippen LogP contribution is 2.51. The predicted octanol–water partition coefficient (Wildman–Crippen LogP) is 8.98. The smallest absolute Gasteiger partial charge is 0.380 e. The van der Waals surface area contributed by atoms with Gasteiger partial charge in [-0.1, -0.05) is 54.2 Å². The van der Waals surface area contributed by atoms with Crippen molar-refractivity contribution in [3.05, 3.63) is 114 Å². The lowest BCUT2D eigenvalue weighted by molar-refractivity contribution is -0.0608. The molecule has 0 radical (unpaired) electrons. The van der Waals surface area contributed by atoms with Crippen molar-refractivity contribution in [1.29, 1.82) is 0 Å². The molecule has 0 aliphatic carbocycles. The first kappa shape index (κ1) is 41.4. The molecule has 0 N–H and O–H groups in total. The van der Waals surface area contributed by atoms with Crippen LogP contribution in [-0.2, 0) is 65.4 Å². The number of para-hydroxylation sites is 1. The van der Waals surface area contributed by atoms with Crippen LogP contribution < -0.4 is 14.0 Å². The zero-order valence-electron chi connectivity index (χ0n) is 29.9. The maximum atomic E-state index is 6.32. The Morgan fingerprint density at radius 3 is 2.06 bits per heavy atom. The van der Waals surface area contributed by atoms with Gasteiger partial charge < -0.3 is 41.7 Å². The number of aryl methyl sites for hydroxylation is 2. The molecule has 4 rings (SSSR count). The van der Waals surface area contributed by atoms with Gasteiger partial charge in [0.05, 0.1) is 7.11 Å². The Labute approximate surface area is 317 Å². The van der Waals surface area contributed by atoms with Crippen LogP contribution in [-0.4, -0.2) is 73.5 Å². The molecule has 2 atom stereocenters. The summed E-state index contributed by atoms with van der Waals surface area (Å²) in [5, 5.41) is 0. The fourth-order valence-corrected chi connectivity index (χ4v) is 8.48. The molecule has 9 nitrogen and oxygen atoms in total. The van der Waals surface area contributed by atoms with E-state index in [9.17, 15) is 0 Å². The van der Waals surface area contributed by atoms with Crippen LogP contribution >= 0.6 is 25.0 Å². The molecule has 0 aromatic heterocycles. The minimum atomic E-state index is -2.78. The lowest BCUT2D eigenvalue weighted by atomic mass is 10.0. The van der Waals surface area contributed by atoms with Crippen molar-refractivity contribution in [1.82, 2.24) is 4.90 Å². The summed E-state index contributed by atoms with van der Waals surface area (Å²) in [6, 6.07) is 32.1. The Bertz CT molecular complexity index is 1740. The van der Waals surface area contributed by atoms with E-state index >= 15 is 0 Å². The number of rotatable bonds is 22. The average molecular weight is 792 g/mol. The number of nitrogens with zero attached hydrogens (tertiary/aromatic N) is 1. The summed E-state index contributed by atoms with van der Waals surface area (Å²) in [6.07, 6.45) is 1.94. The largest absolute Gasteiger partial charge is 0.497 e. The molecule has 0 saturated carbocycles. The Morgan fingerprint density at radius 1 is 0.725 bits per heavy atom. The lowest BCUT2D eigenvalue weighted by Crippen LogP contribution is -2.34. The van der Waals surface area contributed by atoms with Crippen LogP contribution in [0.15, 0.2) is 107 Å². The van der Waals surface area contributed by atoms with Crippen LogP contribution in [0.25, 0.3) is 0 Å². The minimum Gasteiger partial charge on any atom is -0.497 e. The fraction of sp³-hybridized carbons (Fsp3) is 0.351. The molecule has 0 aliphatic heterocycles. The van der Waals surface area contributed by atoms with Crippen molar-refractivity contribution in [2.45, 2.75) is 34.9 Å². The van der Waals surface area contributed by atoms with E-state index in [2.05, 4.69) is 35.2 Å². The summed E-state index contributed by atoms with van der Waals surface area (Å²) < 4.78 is 45.9. The van der Waals surface area contributed by atoms with Crippen LogP contribution in [0.2, 0.25) is 0 Å². The Balaban J connectivity index is 1.28. The SMILES string of the molecule is COc1cccc(CCc2ccccc2OCC(CN(C)C)OCOP(=S)(Cc2ccc(Sc3ccc(OP(=S)(OC)OC)cc3)cc2)OC)c1. The molecule has 0 saturated heterocycles. The Hall–Kier alpha value is -2.31. The van der Waals surface area contributed by atoms with Crippen molar-refractivity contribution in [3.63, 3.8) is 0 Å². The van der Waals surface area contributed by atoms with Crippen LogP contribution in [0.5, 0.6) is 17.2 Å². The van der Waals surface area contributed by atoms with E-state index in [0.29, 0.717) is 25.1 Å². The molecule has 51 heavy (non-hydrogen) atoms. The molecule has 14 heteroatoms. The van der Waals surface area contributed by atoms with Gasteiger partial charge in [-0.2, -0.15) is 0 Å². The van der Waals surface area contributed by atoms with Gasteiger partial charge in [-0.3, -0.25) is 0 Å². The fourth-order valence-electron chi connectivity index (χ4n) is 4.94. The second-order valence-corrected chi connectivity index (χ2v) is 19.8. The van der Waals surface area contributed by atoms with Crippen molar-refractivity contribution in [2.24, 2.45) is 0 Å². The molecular formula is C37H47NO8P2S3. The zero-order chi connectivity index (χ0) is 36.7. The molecule has 0 amide bonds. The van der Waals surface area contributed by atoms with Crippen LogP contribution in [0.3, 0.4) is 0 Å². The first-order valence-corrected chi connectivity index (χ1v) is 22.4. The molecule has 0 spiro atoms. The maximum absolute atomic E-state index is 6.32. The second-order valence-electron chi connectivity index (χ2n) is 11.6. The third-order valence-corrected chi connectivity index (χ3v) is 14.1. The molecule has 4 aromatic rings. The van der Waals surface area contributed by atoms with E-state index in [1.54, 1.807) is 26.0 Å². The predicted molar refractivity (Wildman–Crippen MR) is 213 cm³/mol. The Morgan fingerprint density at radius 2 is 1.41 bits per heavy atom. The molecule has 0 aliphatic rings. The van der Waals surface area contributed by atoms with Gasteiger partial charge in [-0.25, -0.2) is 0 Å². The van der Waals surface area contributed by atoms with E-state index in [1.807, 2.05) is 80.8 Å². The lowest BCUT2D eigenvalue weighted by Gasteiger charge is -2.25. The molecule has 276 valence electrons. The third kappa shape index (κ3) is 13.9. The van der Waals surface area contributed by atoms with Crippen molar-refractivity contribution in [3.8, 4) is 17.2 Å². The maximum Gasteiger partial charge on any atom is 0.380 e. The summed E-state index contributed by atoms with van der Waals surface area (Å²) in [7, 11) is 10.2. The van der Waals surface area contributed by atoms with Crippen LogP contribution in [0.1, 0.15) is 16.7 Å². The zero-order valence-corrected chi connectivity index (χ0v) is 34.1. The normalized spacial score (nSPS) is 13.5. The van der Waals surface area contributed by atoms with Crippen LogP contribution in [0.4, 0.5) is 0 Å².